The van der Waals surface area contributed by atoms with Crippen molar-refractivity contribution in [2.24, 2.45) is 7.05 Å². The van der Waals surface area contributed by atoms with E-state index in [0.717, 1.165) is 5.56 Å². The molecule has 82 valence electrons. The second-order valence-corrected chi connectivity index (χ2v) is 3.70. The molecule has 0 saturated heterocycles. The lowest BCUT2D eigenvalue weighted by Crippen LogP contribution is -2.06. The molecule has 2 heterocycles. The summed E-state index contributed by atoms with van der Waals surface area (Å²) >= 11 is 0. The van der Waals surface area contributed by atoms with Gasteiger partial charge in [-0.1, -0.05) is 5.21 Å². The molecular weight excluding hydrogens is 204 g/mol. The molecule has 5 heteroatoms. The van der Waals surface area contributed by atoms with Gasteiger partial charge in [-0.3, -0.25) is 14.5 Å². The predicted molar refractivity (Wildman–Crippen MR) is 58.0 cm³/mol. The first-order valence-electron chi connectivity index (χ1n) is 4.96. The molecule has 0 aliphatic heterocycles. The van der Waals surface area contributed by atoms with Gasteiger partial charge in [0.2, 0.25) is 0 Å². The van der Waals surface area contributed by atoms with E-state index < -0.39 is 0 Å². The molecule has 0 aliphatic rings. The zero-order valence-electron chi connectivity index (χ0n) is 9.21. The van der Waals surface area contributed by atoms with Gasteiger partial charge in [0.15, 0.2) is 5.78 Å². The minimum atomic E-state index is -0.0378. The average molecular weight is 216 g/mol. The van der Waals surface area contributed by atoms with Crippen molar-refractivity contribution in [1.29, 1.82) is 0 Å². The fourth-order valence-electron chi connectivity index (χ4n) is 1.42. The van der Waals surface area contributed by atoms with Crippen LogP contribution in [0.4, 0.5) is 0 Å². The third-order valence-electron chi connectivity index (χ3n) is 2.19. The van der Waals surface area contributed by atoms with Crippen LogP contribution >= 0.6 is 0 Å². The normalized spacial score (nSPS) is 10.4. The van der Waals surface area contributed by atoms with E-state index in [2.05, 4.69) is 15.3 Å². The van der Waals surface area contributed by atoms with E-state index in [9.17, 15) is 4.79 Å². The second kappa shape index (κ2) is 4.22. The van der Waals surface area contributed by atoms with Gasteiger partial charge in [0.05, 0.1) is 12.1 Å². The third-order valence-corrected chi connectivity index (χ3v) is 2.19. The van der Waals surface area contributed by atoms with Crippen LogP contribution in [0.2, 0.25) is 0 Å². The lowest BCUT2D eigenvalue weighted by molar-refractivity contribution is 0.0987. The average Bonchev–Trinajstić information content (AvgIpc) is 2.64. The number of pyridine rings is 1. The first-order valence-corrected chi connectivity index (χ1v) is 4.96. The van der Waals surface area contributed by atoms with Gasteiger partial charge in [0.1, 0.15) is 5.69 Å². The first kappa shape index (κ1) is 10.5. The fourth-order valence-corrected chi connectivity index (χ4v) is 1.42. The van der Waals surface area contributed by atoms with E-state index in [1.54, 1.807) is 30.2 Å². The lowest BCUT2D eigenvalue weighted by Gasteiger charge is -1.98. The summed E-state index contributed by atoms with van der Waals surface area (Å²) in [6, 6.07) is 3.64. The van der Waals surface area contributed by atoms with Crippen LogP contribution in [0.3, 0.4) is 0 Å². The van der Waals surface area contributed by atoms with Gasteiger partial charge in [0.25, 0.3) is 0 Å². The molecule has 2 rings (SSSR count). The zero-order valence-corrected chi connectivity index (χ0v) is 9.21. The number of nitrogens with zero attached hydrogens (tertiary/aromatic N) is 4. The number of rotatable bonds is 3. The number of carbonyl (C=O) groups excluding carboxylic acids is 1. The number of hydrogen-bond acceptors (Lipinski definition) is 4. The standard InChI is InChI=1S/C11H12N4O/c1-8-3-4-12-10(5-8)11(16)6-9-7-15(2)14-13-9/h3-5,7H,6H2,1-2H3. The summed E-state index contributed by atoms with van der Waals surface area (Å²) in [6.45, 7) is 1.93. The van der Waals surface area contributed by atoms with E-state index in [1.807, 2.05) is 13.0 Å². The van der Waals surface area contributed by atoms with Crippen molar-refractivity contribution in [3.8, 4) is 0 Å². The molecule has 0 radical (unpaired) electrons. The largest absolute Gasteiger partial charge is 0.292 e. The van der Waals surface area contributed by atoms with Crippen LogP contribution in [0.15, 0.2) is 24.5 Å². The Hall–Kier alpha value is -2.04. The van der Waals surface area contributed by atoms with Crippen molar-refractivity contribution >= 4 is 5.78 Å². The van der Waals surface area contributed by atoms with Crippen LogP contribution in [0, 0.1) is 6.92 Å². The van der Waals surface area contributed by atoms with Crippen molar-refractivity contribution in [3.63, 3.8) is 0 Å². The van der Waals surface area contributed by atoms with Crippen molar-refractivity contribution in [2.45, 2.75) is 13.3 Å². The Morgan fingerprint density at radius 2 is 2.31 bits per heavy atom. The molecule has 0 amide bonds. The van der Waals surface area contributed by atoms with E-state index in [1.165, 1.54) is 0 Å². The Morgan fingerprint density at radius 1 is 1.50 bits per heavy atom. The van der Waals surface area contributed by atoms with Gasteiger partial charge < -0.3 is 0 Å². The van der Waals surface area contributed by atoms with E-state index >= 15 is 0 Å². The molecule has 0 aliphatic carbocycles. The lowest BCUT2D eigenvalue weighted by atomic mass is 10.1. The quantitative estimate of drug-likeness (QED) is 0.716. The molecular formula is C11H12N4O. The van der Waals surface area contributed by atoms with E-state index in [4.69, 9.17) is 0 Å². The summed E-state index contributed by atoms with van der Waals surface area (Å²) in [5, 5.41) is 7.64. The SMILES string of the molecule is Cc1ccnc(C(=O)Cc2cn(C)nn2)c1. The first-order chi connectivity index (χ1) is 7.65. The van der Waals surface area contributed by atoms with Crippen LogP contribution in [-0.2, 0) is 13.5 Å². The Balaban J connectivity index is 2.14. The van der Waals surface area contributed by atoms with Crippen molar-refractivity contribution in [2.75, 3.05) is 0 Å². The van der Waals surface area contributed by atoms with Gasteiger partial charge in [0, 0.05) is 19.4 Å². The molecule has 16 heavy (non-hydrogen) atoms. The van der Waals surface area contributed by atoms with Crippen LogP contribution < -0.4 is 0 Å². The maximum Gasteiger partial charge on any atom is 0.187 e. The van der Waals surface area contributed by atoms with Gasteiger partial charge in [-0.2, -0.15) is 0 Å². The number of carbonyl (C=O) groups is 1. The summed E-state index contributed by atoms with van der Waals surface area (Å²) in [4.78, 5) is 15.9. The molecule has 0 saturated carbocycles. The summed E-state index contributed by atoms with van der Waals surface area (Å²) in [5.74, 6) is -0.0378. The second-order valence-electron chi connectivity index (χ2n) is 3.70. The van der Waals surface area contributed by atoms with Crippen LogP contribution in [0.1, 0.15) is 21.7 Å². The van der Waals surface area contributed by atoms with E-state index in [-0.39, 0.29) is 12.2 Å². The van der Waals surface area contributed by atoms with Gasteiger partial charge in [-0.15, -0.1) is 5.10 Å². The smallest absolute Gasteiger partial charge is 0.187 e. The Labute approximate surface area is 93.1 Å². The van der Waals surface area contributed by atoms with Gasteiger partial charge in [-0.25, -0.2) is 0 Å². The highest BCUT2D eigenvalue weighted by Crippen LogP contribution is 2.04. The molecule has 2 aromatic heterocycles. The highest BCUT2D eigenvalue weighted by Gasteiger charge is 2.10. The van der Waals surface area contributed by atoms with E-state index in [0.29, 0.717) is 11.4 Å². The number of Topliss-reactive ketones (excluding diaryl/α,β-unsaturated/α-hetero) is 1. The maximum absolute atomic E-state index is 11.8. The molecule has 0 N–H and O–H groups in total. The number of hydrogen-bond donors (Lipinski definition) is 0. The van der Waals surface area contributed by atoms with Crippen LogP contribution in [0.5, 0.6) is 0 Å². The number of aromatic nitrogens is 4. The summed E-state index contributed by atoms with van der Waals surface area (Å²) in [7, 11) is 1.77. The maximum atomic E-state index is 11.8. The van der Waals surface area contributed by atoms with Crippen molar-refractivity contribution in [1.82, 2.24) is 20.0 Å². The molecule has 0 atom stereocenters. The molecule has 2 aromatic rings. The highest BCUT2D eigenvalue weighted by atomic mass is 16.1. The van der Waals surface area contributed by atoms with Gasteiger partial charge >= 0.3 is 0 Å². The molecule has 5 nitrogen and oxygen atoms in total. The van der Waals surface area contributed by atoms with Gasteiger partial charge in [-0.05, 0) is 24.6 Å². The fraction of sp³-hybridized carbons (Fsp3) is 0.273. The molecule has 0 fully saturated rings. The van der Waals surface area contributed by atoms with Crippen molar-refractivity contribution < 1.29 is 4.79 Å². The summed E-state index contributed by atoms with van der Waals surface area (Å²) < 4.78 is 1.58. The minimum absolute atomic E-state index is 0.0378. The molecule has 0 bridgehead atoms. The minimum Gasteiger partial charge on any atom is -0.292 e. The Morgan fingerprint density at radius 3 is 2.94 bits per heavy atom. The highest BCUT2D eigenvalue weighted by molar-refractivity contribution is 5.95. The Kier molecular flexibility index (Phi) is 2.76. The molecule has 0 aromatic carbocycles. The molecule has 0 spiro atoms. The predicted octanol–water partition coefficient (Wildman–Crippen LogP) is 0.944. The zero-order chi connectivity index (χ0) is 11.5. The van der Waals surface area contributed by atoms with Crippen molar-refractivity contribution in [3.05, 3.63) is 41.5 Å². The number of ketones is 1. The van der Waals surface area contributed by atoms with Crippen LogP contribution in [-0.4, -0.2) is 25.8 Å². The topological polar surface area (TPSA) is 60.7 Å². The summed E-state index contributed by atoms with van der Waals surface area (Å²) in [6.07, 6.45) is 3.61. The summed E-state index contributed by atoms with van der Waals surface area (Å²) in [5.41, 5.74) is 2.17. The number of aryl methyl sites for hydroxylation is 2. The van der Waals surface area contributed by atoms with Crippen LogP contribution in [0.25, 0.3) is 0 Å². The molecule has 0 unspecified atom stereocenters. The third kappa shape index (κ3) is 2.31. The Bertz CT molecular complexity index is 518. The monoisotopic (exact) mass is 216 g/mol.